The van der Waals surface area contributed by atoms with E-state index in [0.717, 1.165) is 5.56 Å². The Bertz CT molecular complexity index is 815. The average molecular weight is 284 g/mol. The quantitative estimate of drug-likeness (QED) is 0.706. The molecule has 1 heterocycles. The smallest absolute Gasteiger partial charge is 0.341 e. The summed E-state index contributed by atoms with van der Waals surface area (Å²) in [6, 6.07) is 11.0. The number of aromatic hydroxyl groups is 2. The second-order valence-electron chi connectivity index (χ2n) is 4.56. The van der Waals surface area contributed by atoms with E-state index in [0.29, 0.717) is 16.7 Å². The van der Waals surface area contributed by atoms with Crippen molar-refractivity contribution < 1.29 is 24.2 Å². The molecule has 5 heteroatoms. The van der Waals surface area contributed by atoms with Gasteiger partial charge >= 0.3 is 5.97 Å². The van der Waals surface area contributed by atoms with Crippen molar-refractivity contribution >= 4 is 16.9 Å². The molecule has 3 aromatic rings. The molecule has 0 atom stereocenters. The molecule has 0 amide bonds. The van der Waals surface area contributed by atoms with E-state index in [4.69, 9.17) is 4.42 Å². The van der Waals surface area contributed by atoms with Gasteiger partial charge in [-0.25, -0.2) is 4.79 Å². The summed E-state index contributed by atoms with van der Waals surface area (Å²) in [5.74, 6) is 0.0620. The van der Waals surface area contributed by atoms with Gasteiger partial charge in [0.15, 0.2) is 0 Å². The Morgan fingerprint density at radius 3 is 2.43 bits per heavy atom. The van der Waals surface area contributed by atoms with Crippen LogP contribution in [0.25, 0.3) is 22.3 Å². The predicted octanol–water partition coefficient (Wildman–Crippen LogP) is 3.30. The van der Waals surface area contributed by atoms with E-state index in [-0.39, 0.29) is 17.1 Å². The minimum Gasteiger partial charge on any atom is -0.508 e. The summed E-state index contributed by atoms with van der Waals surface area (Å²) in [5.41, 5.74) is 1.26. The van der Waals surface area contributed by atoms with Crippen LogP contribution in [0.3, 0.4) is 0 Å². The fourth-order valence-electron chi connectivity index (χ4n) is 2.17. The Hall–Kier alpha value is -2.95. The van der Waals surface area contributed by atoms with Gasteiger partial charge in [0.1, 0.15) is 28.4 Å². The first-order chi connectivity index (χ1) is 10.1. The maximum Gasteiger partial charge on any atom is 0.341 e. The average Bonchev–Trinajstić information content (AvgIpc) is 2.89. The van der Waals surface area contributed by atoms with Gasteiger partial charge in [0.25, 0.3) is 0 Å². The molecule has 0 aliphatic carbocycles. The molecule has 5 nitrogen and oxygen atoms in total. The highest BCUT2D eigenvalue weighted by Crippen LogP contribution is 2.33. The lowest BCUT2D eigenvalue weighted by Crippen LogP contribution is -2.01. The summed E-state index contributed by atoms with van der Waals surface area (Å²) in [6.07, 6.45) is 0. The molecule has 3 rings (SSSR count). The number of phenols is 2. The Morgan fingerprint density at radius 1 is 1.05 bits per heavy atom. The largest absolute Gasteiger partial charge is 0.508 e. The Balaban J connectivity index is 2.19. The second-order valence-corrected chi connectivity index (χ2v) is 4.56. The Kier molecular flexibility index (Phi) is 3.02. The number of ether oxygens (including phenoxy) is 1. The van der Waals surface area contributed by atoms with Crippen molar-refractivity contribution in [2.24, 2.45) is 0 Å². The summed E-state index contributed by atoms with van der Waals surface area (Å²) in [5, 5.41) is 19.6. The van der Waals surface area contributed by atoms with E-state index < -0.39 is 5.97 Å². The third-order valence-corrected chi connectivity index (χ3v) is 3.16. The van der Waals surface area contributed by atoms with Gasteiger partial charge in [-0.1, -0.05) is 0 Å². The molecule has 0 radical (unpaired) electrons. The van der Waals surface area contributed by atoms with Crippen molar-refractivity contribution in [2.75, 3.05) is 7.11 Å². The highest BCUT2D eigenvalue weighted by molar-refractivity contribution is 6.03. The van der Waals surface area contributed by atoms with Crippen LogP contribution < -0.4 is 0 Å². The van der Waals surface area contributed by atoms with Crippen LogP contribution in [-0.2, 0) is 4.74 Å². The van der Waals surface area contributed by atoms with Gasteiger partial charge in [0.05, 0.1) is 7.11 Å². The zero-order valence-electron chi connectivity index (χ0n) is 11.2. The van der Waals surface area contributed by atoms with Crippen LogP contribution in [-0.4, -0.2) is 23.3 Å². The van der Waals surface area contributed by atoms with E-state index in [1.807, 2.05) is 0 Å². The van der Waals surface area contributed by atoms with Crippen LogP contribution in [0, 0.1) is 0 Å². The lowest BCUT2D eigenvalue weighted by Gasteiger charge is -2.01. The molecule has 2 N–H and O–H groups in total. The molecule has 0 spiro atoms. The third-order valence-electron chi connectivity index (χ3n) is 3.16. The van der Waals surface area contributed by atoms with Crippen LogP contribution in [0.5, 0.6) is 11.5 Å². The van der Waals surface area contributed by atoms with Gasteiger partial charge in [-0.15, -0.1) is 0 Å². The highest BCUT2D eigenvalue weighted by Gasteiger charge is 2.17. The van der Waals surface area contributed by atoms with Crippen molar-refractivity contribution in [1.29, 1.82) is 0 Å². The minimum atomic E-state index is -0.581. The van der Waals surface area contributed by atoms with Crippen molar-refractivity contribution in [1.82, 2.24) is 0 Å². The van der Waals surface area contributed by atoms with Crippen LogP contribution in [0.2, 0.25) is 0 Å². The Morgan fingerprint density at radius 2 is 1.76 bits per heavy atom. The number of esters is 1. The number of furan rings is 1. The third kappa shape index (κ3) is 2.29. The lowest BCUT2D eigenvalue weighted by atomic mass is 10.1. The maximum absolute atomic E-state index is 11.7. The number of hydrogen-bond acceptors (Lipinski definition) is 5. The molecule has 106 valence electrons. The number of hydrogen-bond donors (Lipinski definition) is 2. The van der Waals surface area contributed by atoms with Gasteiger partial charge in [0.2, 0.25) is 0 Å². The van der Waals surface area contributed by atoms with Gasteiger partial charge < -0.3 is 19.4 Å². The fraction of sp³-hybridized carbons (Fsp3) is 0.0625. The molecular weight excluding hydrogens is 272 g/mol. The van der Waals surface area contributed by atoms with E-state index in [9.17, 15) is 15.0 Å². The number of carbonyl (C=O) groups excluding carboxylic acids is 1. The maximum atomic E-state index is 11.7. The second kappa shape index (κ2) is 4.86. The summed E-state index contributed by atoms with van der Waals surface area (Å²) in [6.45, 7) is 0. The van der Waals surface area contributed by atoms with E-state index in [1.54, 1.807) is 30.3 Å². The predicted molar refractivity (Wildman–Crippen MR) is 76.3 cm³/mol. The standard InChI is InChI=1S/C16H12O5/c1-20-16(19)13-8-12(18)6-10-7-14(21-15(10)13)9-2-4-11(17)5-3-9/h2-8,17-18H,1H3. The number of carbonyl (C=O) groups is 1. The van der Waals surface area contributed by atoms with E-state index in [2.05, 4.69) is 4.74 Å². The van der Waals surface area contributed by atoms with Crippen molar-refractivity contribution in [3.8, 4) is 22.8 Å². The summed E-state index contributed by atoms with van der Waals surface area (Å²) in [7, 11) is 1.27. The van der Waals surface area contributed by atoms with Crippen molar-refractivity contribution in [3.63, 3.8) is 0 Å². The van der Waals surface area contributed by atoms with Crippen LogP contribution in [0.4, 0.5) is 0 Å². The summed E-state index contributed by atoms with van der Waals surface area (Å²) in [4.78, 5) is 11.7. The number of methoxy groups -OCH3 is 1. The Labute approximate surface area is 120 Å². The molecule has 0 bridgehead atoms. The highest BCUT2D eigenvalue weighted by atomic mass is 16.5. The zero-order chi connectivity index (χ0) is 15.0. The monoisotopic (exact) mass is 284 g/mol. The van der Waals surface area contributed by atoms with Crippen molar-refractivity contribution in [3.05, 3.63) is 48.0 Å². The molecule has 0 aliphatic rings. The molecule has 0 aliphatic heterocycles. The first-order valence-electron chi connectivity index (χ1n) is 6.23. The lowest BCUT2D eigenvalue weighted by molar-refractivity contribution is 0.0601. The molecule has 0 unspecified atom stereocenters. The molecule has 0 saturated heterocycles. The van der Waals surface area contributed by atoms with Crippen LogP contribution in [0.15, 0.2) is 46.9 Å². The molecule has 1 aromatic heterocycles. The number of fused-ring (bicyclic) bond motifs is 1. The molecule has 0 fully saturated rings. The first-order valence-corrected chi connectivity index (χ1v) is 6.23. The zero-order valence-corrected chi connectivity index (χ0v) is 11.2. The fourth-order valence-corrected chi connectivity index (χ4v) is 2.17. The van der Waals surface area contributed by atoms with Crippen LogP contribution in [0.1, 0.15) is 10.4 Å². The molecule has 21 heavy (non-hydrogen) atoms. The van der Waals surface area contributed by atoms with Gasteiger partial charge in [0, 0.05) is 10.9 Å². The molecular formula is C16H12O5. The van der Waals surface area contributed by atoms with Crippen LogP contribution >= 0.6 is 0 Å². The molecule has 0 saturated carbocycles. The topological polar surface area (TPSA) is 79.9 Å². The van der Waals surface area contributed by atoms with E-state index >= 15 is 0 Å². The number of benzene rings is 2. The number of phenolic OH excluding ortho intramolecular Hbond substituents is 2. The summed E-state index contributed by atoms with van der Waals surface area (Å²) < 4.78 is 10.4. The minimum absolute atomic E-state index is 0.0408. The molecule has 2 aromatic carbocycles. The van der Waals surface area contributed by atoms with Gasteiger partial charge in [-0.3, -0.25) is 0 Å². The number of rotatable bonds is 2. The van der Waals surface area contributed by atoms with Gasteiger partial charge in [-0.05, 0) is 42.5 Å². The SMILES string of the molecule is COC(=O)c1cc(O)cc2cc(-c3ccc(O)cc3)oc12. The normalized spacial score (nSPS) is 10.7. The first kappa shape index (κ1) is 13.1. The van der Waals surface area contributed by atoms with Gasteiger partial charge in [-0.2, -0.15) is 0 Å². The van der Waals surface area contributed by atoms with E-state index in [1.165, 1.54) is 19.2 Å². The summed E-state index contributed by atoms with van der Waals surface area (Å²) >= 11 is 0. The van der Waals surface area contributed by atoms with Crippen molar-refractivity contribution in [2.45, 2.75) is 0 Å².